The largest absolute Gasteiger partial charge is 0.492 e. The monoisotopic (exact) mass is 470 g/mol. The van der Waals surface area contributed by atoms with Crippen molar-refractivity contribution in [2.24, 2.45) is 5.92 Å². The molecule has 1 saturated heterocycles. The lowest BCUT2D eigenvalue weighted by Crippen LogP contribution is -2.43. The molecule has 0 bridgehead atoms. The van der Waals surface area contributed by atoms with Gasteiger partial charge in [-0.2, -0.15) is 4.31 Å². The van der Waals surface area contributed by atoms with Crippen LogP contribution in [-0.4, -0.2) is 44.9 Å². The Hall–Kier alpha value is -2.38. The molecular formula is C26H34N2O4S. The Balaban J connectivity index is 1.25. The first kappa shape index (κ1) is 23.8. The van der Waals surface area contributed by atoms with Crippen LogP contribution in [0, 0.1) is 26.7 Å². The highest BCUT2D eigenvalue weighted by Crippen LogP contribution is 2.29. The van der Waals surface area contributed by atoms with Crippen molar-refractivity contribution < 1.29 is 17.9 Å². The second-order valence-electron chi connectivity index (χ2n) is 9.33. The summed E-state index contributed by atoms with van der Waals surface area (Å²) in [6.07, 6.45) is 4.53. The number of hydrogen-bond donors (Lipinski definition) is 1. The zero-order valence-electron chi connectivity index (χ0n) is 19.8. The number of ether oxygens (including phenoxy) is 1. The number of benzene rings is 2. The molecule has 2 aromatic carbocycles. The summed E-state index contributed by atoms with van der Waals surface area (Å²) in [4.78, 5) is 13.0. The number of sulfonamides is 1. The van der Waals surface area contributed by atoms with Crippen molar-refractivity contribution in [2.45, 2.75) is 57.8 Å². The Morgan fingerprint density at radius 1 is 1.03 bits per heavy atom. The Morgan fingerprint density at radius 3 is 2.39 bits per heavy atom. The highest BCUT2D eigenvalue weighted by molar-refractivity contribution is 7.89. The lowest BCUT2D eigenvalue weighted by Gasteiger charge is -2.31. The van der Waals surface area contributed by atoms with Crippen LogP contribution in [0.4, 0.5) is 0 Å². The number of nitrogens with one attached hydrogen (secondary N) is 1. The second-order valence-corrected chi connectivity index (χ2v) is 11.2. The molecule has 1 fully saturated rings. The molecule has 1 aliphatic carbocycles. The van der Waals surface area contributed by atoms with Gasteiger partial charge in [-0.1, -0.05) is 23.8 Å². The van der Waals surface area contributed by atoms with Gasteiger partial charge in [0.1, 0.15) is 12.4 Å². The van der Waals surface area contributed by atoms with E-state index in [4.69, 9.17) is 4.74 Å². The molecule has 2 aliphatic rings. The number of nitrogens with zero attached hydrogens (tertiary/aromatic N) is 1. The predicted octanol–water partition coefficient (Wildman–Crippen LogP) is 3.70. The zero-order valence-corrected chi connectivity index (χ0v) is 20.6. The van der Waals surface area contributed by atoms with Crippen LogP contribution in [0.1, 0.15) is 47.1 Å². The average Bonchev–Trinajstić information content (AvgIpc) is 3.23. The van der Waals surface area contributed by atoms with Crippen molar-refractivity contribution in [1.82, 2.24) is 9.62 Å². The highest BCUT2D eigenvalue weighted by atomic mass is 32.2. The first-order valence-corrected chi connectivity index (χ1v) is 13.3. The molecule has 0 unspecified atom stereocenters. The van der Waals surface area contributed by atoms with Gasteiger partial charge >= 0.3 is 0 Å². The minimum Gasteiger partial charge on any atom is -0.492 e. The van der Waals surface area contributed by atoms with Gasteiger partial charge < -0.3 is 10.1 Å². The third-order valence-corrected chi connectivity index (χ3v) is 8.97. The van der Waals surface area contributed by atoms with E-state index >= 15 is 0 Å². The Morgan fingerprint density at radius 2 is 1.70 bits per heavy atom. The van der Waals surface area contributed by atoms with Crippen LogP contribution in [0.2, 0.25) is 0 Å². The average molecular weight is 471 g/mol. The number of rotatable bonds is 7. The molecule has 1 heterocycles. The third-order valence-electron chi connectivity index (χ3n) is 6.77. The summed E-state index contributed by atoms with van der Waals surface area (Å²) in [6.45, 7) is 7.24. The lowest BCUT2D eigenvalue weighted by atomic mass is 9.97. The molecule has 7 heteroatoms. The second kappa shape index (κ2) is 9.85. The van der Waals surface area contributed by atoms with Gasteiger partial charge in [0, 0.05) is 19.0 Å². The molecule has 178 valence electrons. The maximum atomic E-state index is 13.2. The summed E-state index contributed by atoms with van der Waals surface area (Å²) in [7, 11) is -3.56. The van der Waals surface area contributed by atoms with Crippen molar-refractivity contribution in [3.63, 3.8) is 0 Å². The Bertz CT molecular complexity index is 1110. The summed E-state index contributed by atoms with van der Waals surface area (Å²) in [5, 5.41) is 2.95. The molecule has 0 radical (unpaired) electrons. The topological polar surface area (TPSA) is 75.7 Å². The van der Waals surface area contributed by atoms with Gasteiger partial charge in [0.25, 0.3) is 0 Å². The highest BCUT2D eigenvalue weighted by Gasteiger charge is 2.33. The summed E-state index contributed by atoms with van der Waals surface area (Å²) in [5.41, 5.74) is 5.39. The predicted molar refractivity (Wildman–Crippen MR) is 129 cm³/mol. The molecule has 0 aromatic heterocycles. The van der Waals surface area contributed by atoms with Crippen LogP contribution in [-0.2, 0) is 27.7 Å². The van der Waals surface area contributed by atoms with Gasteiger partial charge in [0.05, 0.1) is 11.4 Å². The van der Waals surface area contributed by atoms with Gasteiger partial charge in [-0.3, -0.25) is 4.79 Å². The van der Waals surface area contributed by atoms with E-state index in [-0.39, 0.29) is 11.8 Å². The SMILES string of the molecule is Cc1cc(C)c(S(=O)(=O)N2CCC(C(=O)NCCOc3ccc4c(c3)CCC4)CC2)c(C)c1. The minimum absolute atomic E-state index is 0.0210. The Kier molecular flexibility index (Phi) is 7.10. The molecule has 4 rings (SSSR count). The van der Waals surface area contributed by atoms with Gasteiger partial charge in [-0.25, -0.2) is 8.42 Å². The maximum absolute atomic E-state index is 13.2. The quantitative estimate of drug-likeness (QED) is 0.626. The van der Waals surface area contributed by atoms with Gasteiger partial charge in [-0.15, -0.1) is 0 Å². The van der Waals surface area contributed by atoms with E-state index < -0.39 is 10.0 Å². The molecule has 2 aromatic rings. The van der Waals surface area contributed by atoms with E-state index in [0.717, 1.165) is 35.3 Å². The van der Waals surface area contributed by atoms with E-state index in [0.29, 0.717) is 44.0 Å². The number of aryl methyl sites for hydroxylation is 5. The molecule has 0 atom stereocenters. The van der Waals surface area contributed by atoms with Crippen LogP contribution in [0.25, 0.3) is 0 Å². The van der Waals surface area contributed by atoms with Gasteiger partial charge in [0.2, 0.25) is 15.9 Å². The van der Waals surface area contributed by atoms with Crippen molar-refractivity contribution >= 4 is 15.9 Å². The van der Waals surface area contributed by atoms with Crippen molar-refractivity contribution in [3.8, 4) is 5.75 Å². The van der Waals surface area contributed by atoms with Crippen LogP contribution in [0.15, 0.2) is 35.2 Å². The zero-order chi connectivity index (χ0) is 23.6. The van der Waals surface area contributed by atoms with E-state index in [1.165, 1.54) is 21.9 Å². The summed E-state index contributed by atoms with van der Waals surface area (Å²) in [6, 6.07) is 10.1. The fourth-order valence-electron chi connectivity index (χ4n) is 5.19. The number of piperidine rings is 1. The molecule has 0 spiro atoms. The minimum atomic E-state index is -3.56. The molecular weight excluding hydrogens is 436 g/mol. The van der Waals surface area contributed by atoms with Crippen molar-refractivity contribution in [2.75, 3.05) is 26.2 Å². The fourth-order valence-corrected chi connectivity index (χ4v) is 7.07. The number of carbonyl (C=O) groups excluding carboxylic acids is 1. The van der Waals surface area contributed by atoms with Crippen LogP contribution < -0.4 is 10.1 Å². The van der Waals surface area contributed by atoms with Crippen molar-refractivity contribution in [3.05, 3.63) is 58.1 Å². The van der Waals surface area contributed by atoms with E-state index in [1.807, 2.05) is 39.0 Å². The fraction of sp³-hybridized carbons (Fsp3) is 0.500. The lowest BCUT2D eigenvalue weighted by molar-refractivity contribution is -0.126. The number of hydrogen-bond acceptors (Lipinski definition) is 4. The van der Waals surface area contributed by atoms with Gasteiger partial charge in [0.15, 0.2) is 0 Å². The number of carbonyl (C=O) groups is 1. The summed E-state index contributed by atoms with van der Waals surface area (Å²) >= 11 is 0. The van der Waals surface area contributed by atoms with Crippen LogP contribution >= 0.6 is 0 Å². The standard InChI is InChI=1S/C26H34N2O4S/c1-18-15-19(2)25(20(3)16-18)33(30,31)28-12-9-22(10-13-28)26(29)27-11-14-32-24-8-7-21-5-4-6-23(21)17-24/h7-8,15-17,22H,4-6,9-14H2,1-3H3,(H,27,29). The van der Waals surface area contributed by atoms with Crippen molar-refractivity contribution in [1.29, 1.82) is 0 Å². The van der Waals surface area contributed by atoms with Gasteiger partial charge in [-0.05, 0) is 87.3 Å². The Labute approximate surface area is 197 Å². The van der Waals surface area contributed by atoms with E-state index in [9.17, 15) is 13.2 Å². The molecule has 1 amide bonds. The third kappa shape index (κ3) is 5.25. The molecule has 1 N–H and O–H groups in total. The molecule has 1 aliphatic heterocycles. The van der Waals surface area contributed by atoms with Crippen LogP contribution in [0.3, 0.4) is 0 Å². The summed E-state index contributed by atoms with van der Waals surface area (Å²) < 4.78 is 33.8. The van der Waals surface area contributed by atoms with E-state index in [2.05, 4.69) is 17.4 Å². The van der Waals surface area contributed by atoms with Crippen LogP contribution in [0.5, 0.6) is 5.75 Å². The number of amides is 1. The molecule has 33 heavy (non-hydrogen) atoms. The molecule has 0 saturated carbocycles. The summed E-state index contributed by atoms with van der Waals surface area (Å²) in [5.74, 6) is 0.661. The first-order valence-electron chi connectivity index (χ1n) is 11.9. The normalized spacial score (nSPS) is 17.1. The maximum Gasteiger partial charge on any atom is 0.243 e. The first-order chi connectivity index (χ1) is 15.8. The molecule has 6 nitrogen and oxygen atoms in total. The smallest absolute Gasteiger partial charge is 0.243 e. The number of fused-ring (bicyclic) bond motifs is 1. The van der Waals surface area contributed by atoms with E-state index in [1.54, 1.807) is 0 Å².